The van der Waals surface area contributed by atoms with Gasteiger partial charge in [-0.25, -0.2) is 28.7 Å². The number of thiazole rings is 4. The predicted molar refractivity (Wildman–Crippen MR) is 348 cm³/mol. The van der Waals surface area contributed by atoms with Crippen LogP contribution in [0.5, 0.6) is 23.0 Å². The van der Waals surface area contributed by atoms with E-state index in [0.29, 0.717) is 39.1 Å². The fourth-order valence-electron chi connectivity index (χ4n) is 7.86. The van der Waals surface area contributed by atoms with E-state index >= 15 is 0 Å². The molecule has 461 valence electrons. The molecule has 0 saturated carbocycles. The summed E-state index contributed by atoms with van der Waals surface area (Å²) in [4.78, 5) is 38.1. The number of benzene rings is 8. The first-order chi connectivity index (χ1) is 41.5. The van der Waals surface area contributed by atoms with Crippen molar-refractivity contribution in [2.24, 2.45) is 0 Å². The van der Waals surface area contributed by atoms with Gasteiger partial charge in [0.15, 0.2) is 20.4 Å². The third kappa shape index (κ3) is 18.1. The Hall–Kier alpha value is -8.13. The second kappa shape index (κ2) is 33.6. The van der Waals surface area contributed by atoms with E-state index in [1.807, 2.05) is 48.5 Å². The van der Waals surface area contributed by atoms with Gasteiger partial charge in [-0.3, -0.25) is 24.9 Å². The van der Waals surface area contributed by atoms with Gasteiger partial charge < -0.3 is 46.0 Å². The first kappa shape index (κ1) is 72.6. The summed E-state index contributed by atoms with van der Waals surface area (Å²) in [6, 6.07) is 39.5. The minimum atomic E-state index is -0.879. The summed E-state index contributed by atoms with van der Waals surface area (Å²) in [7, 11) is 6.34. The quantitative estimate of drug-likeness (QED) is 0.0203. The summed E-state index contributed by atoms with van der Waals surface area (Å²) >= 11 is 11.7. The largest absolute Gasteiger partial charge is 1.00 e. The van der Waals surface area contributed by atoms with Crippen LogP contribution < -0.4 is 54.8 Å². The number of hydrogen-bond acceptors (Lipinski definition) is 21. The van der Waals surface area contributed by atoms with Gasteiger partial charge in [0.2, 0.25) is 5.82 Å². The van der Waals surface area contributed by atoms with Crippen LogP contribution in [0.15, 0.2) is 146 Å². The molecule has 0 saturated heterocycles. The average molecular weight is 1330 g/mol. The Morgan fingerprint density at radius 3 is 1.26 bits per heavy atom. The number of fused-ring (bicyclic) bond motifs is 4. The van der Waals surface area contributed by atoms with E-state index < -0.39 is 27.2 Å². The molecule has 90 heavy (non-hydrogen) atoms. The average Bonchev–Trinajstić information content (AvgIpc) is 2.24. The van der Waals surface area contributed by atoms with Crippen molar-refractivity contribution >= 4 is 129 Å². The zero-order valence-electron chi connectivity index (χ0n) is 48.4. The number of nitrogens with zero attached hydrogens (tertiary/aromatic N) is 6. The van der Waals surface area contributed by atoms with Gasteiger partial charge in [-0.05, 0) is 133 Å². The molecule has 19 nitrogen and oxygen atoms in total. The van der Waals surface area contributed by atoms with Crippen LogP contribution in [0.4, 0.5) is 40.6 Å². The number of halogens is 5. The monoisotopic (exact) mass is 1330 g/mol. The molecule has 0 aliphatic carbocycles. The molecular formula is C60H52BClF4N8NaO11S4. The zero-order valence-corrected chi connectivity index (χ0v) is 53.4. The van der Waals surface area contributed by atoms with Crippen LogP contribution in [0, 0.1) is 37.7 Å². The molecule has 0 aliphatic heterocycles. The topological polar surface area (TPSA) is 251 Å². The predicted octanol–water partition coefficient (Wildman–Crippen LogP) is 13.5. The summed E-state index contributed by atoms with van der Waals surface area (Å²) in [5.74, 6) is 0.636. The number of phenols is 1. The van der Waals surface area contributed by atoms with Crippen molar-refractivity contribution < 1.29 is 92.2 Å². The standard InChI is InChI=1S/C15H11ClN2O4S.C15H11FN2O4S.C15H13FN2O2S.C14H11FN2OS.CH4.B.FH.Na.H/c2*1-21-8-22-10-3-4-12-14(7-10)23-15(17-12)9-2-5-13(18(19)20)11(16)6-9;1-19-8-20-10-3-5-13-14(7-10)21-15(18-13)9-2-4-12(17)11(16)6-9;1-16-11-4-2-8(6-10(11)15)14-17-12-5-3-9(18)7-13(12)19-14;;;;;/h2*2-7H,8H2,1H3;2-7H,8,17H2,1H3;2-7,16,18H,1H3;1H4;;1H;;/q;;;;;;;+1;-1/i;2*16-1;15-1;;;1-1;;. The van der Waals surface area contributed by atoms with Crippen LogP contribution in [0.25, 0.3) is 83.2 Å². The van der Waals surface area contributed by atoms with Crippen LogP contribution in [0.2, 0.25) is 5.02 Å². The molecule has 3 radical (unpaired) electrons. The van der Waals surface area contributed by atoms with Gasteiger partial charge in [0.05, 0.1) is 62.1 Å². The van der Waals surface area contributed by atoms with Crippen LogP contribution in [0.3, 0.4) is 0 Å². The summed E-state index contributed by atoms with van der Waals surface area (Å²) in [5.41, 5.74) is 11.3. The minimum Gasteiger partial charge on any atom is -1.00 e. The molecule has 0 atom stereocenters. The van der Waals surface area contributed by atoms with Crippen molar-refractivity contribution in [3.05, 3.63) is 188 Å². The Morgan fingerprint density at radius 1 is 0.533 bits per heavy atom. The number of hydrogen-bond donors (Lipinski definition) is 3. The summed E-state index contributed by atoms with van der Waals surface area (Å²) in [6.45, 7) is 0.514. The van der Waals surface area contributed by atoms with Crippen molar-refractivity contribution in [2.45, 2.75) is 7.43 Å². The van der Waals surface area contributed by atoms with E-state index in [-0.39, 0.29) is 99.9 Å². The fourth-order valence-corrected chi connectivity index (χ4v) is 12.1. The Kier molecular flexibility index (Phi) is 27.1. The molecule has 4 heterocycles. The number of nitro benzene ring substituents is 2. The first-order valence-electron chi connectivity index (χ1n) is 25.1. The van der Waals surface area contributed by atoms with Gasteiger partial charge in [0.25, 0.3) is 5.69 Å². The Balaban J connectivity index is 0.000000255. The number of aromatic hydroxyl groups is 1. The summed E-state index contributed by atoms with van der Waals surface area (Å²) in [6.07, 6.45) is 0. The third-order valence-corrected chi connectivity index (χ3v) is 16.6. The van der Waals surface area contributed by atoms with Crippen LogP contribution in [0.1, 0.15) is 8.85 Å². The Morgan fingerprint density at radius 2 is 0.889 bits per heavy atom. The van der Waals surface area contributed by atoms with E-state index in [2.05, 4.69) is 25.3 Å². The van der Waals surface area contributed by atoms with Crippen molar-refractivity contribution in [3.8, 4) is 65.3 Å². The van der Waals surface area contributed by atoms with Gasteiger partial charge in [-0.2, -0.15) is 4.39 Å². The molecule has 0 bridgehead atoms. The SMILES string of the molecule is C.CNc1ccc(-c2nc3ccc(O)cc3s2)cc1[18F].COCOc1ccc2nc(-c3ccc(N)c([18F])c3)sc2c1.COCOc1ccc2nc(-c3ccc([N+](=O)[O-])c(Cl)c3)sc2c1.COCOc1ccc2nc(-c3ccc([N+](=O)[O-])c([18F])c3)sc2c1.[18FH].[B].[H-].[Na+]. The van der Waals surface area contributed by atoms with E-state index in [1.165, 1.54) is 76.7 Å². The Labute approximate surface area is 557 Å². The maximum atomic E-state index is 13.7. The number of ether oxygens (including phenoxy) is 6. The van der Waals surface area contributed by atoms with Crippen LogP contribution in [-0.4, -0.2) is 92.1 Å². The number of nitro groups is 2. The molecule has 0 spiro atoms. The second-order valence-corrected chi connectivity index (χ2v) is 22.3. The number of nitrogens with two attached hydrogens (primary N) is 1. The molecule has 0 fully saturated rings. The molecule has 12 aromatic rings. The van der Waals surface area contributed by atoms with Crippen LogP contribution in [-0.2, 0) is 14.2 Å². The zero-order chi connectivity index (χ0) is 61.0. The van der Waals surface area contributed by atoms with E-state index in [0.717, 1.165) is 79.1 Å². The van der Waals surface area contributed by atoms with E-state index in [9.17, 15) is 38.5 Å². The molecule has 8 aromatic carbocycles. The normalized spacial score (nSPS) is 10.4. The molecule has 0 aliphatic rings. The molecule has 12 rings (SSSR count). The number of phenolic OH excluding ortho intramolecular Hbond substituents is 1. The summed E-state index contributed by atoms with van der Waals surface area (Å²) < 4.78 is 75.4. The minimum absolute atomic E-state index is 0. The summed E-state index contributed by atoms with van der Waals surface area (Å²) in [5, 5.41) is 36.6. The van der Waals surface area contributed by atoms with Gasteiger partial charge >= 0.3 is 35.2 Å². The maximum Gasteiger partial charge on any atom is 1.00 e. The van der Waals surface area contributed by atoms with Gasteiger partial charge in [-0.15, -0.1) is 45.3 Å². The number of aromatic nitrogens is 4. The molecule has 0 unspecified atom stereocenters. The van der Waals surface area contributed by atoms with Gasteiger partial charge in [-0.1, -0.05) is 19.0 Å². The number of anilines is 2. The van der Waals surface area contributed by atoms with Crippen molar-refractivity contribution in [3.63, 3.8) is 0 Å². The number of nitrogen functional groups attached to an aromatic ring is 1. The first-order valence-corrected chi connectivity index (χ1v) is 28.7. The van der Waals surface area contributed by atoms with Crippen molar-refractivity contribution in [1.82, 2.24) is 19.9 Å². The van der Waals surface area contributed by atoms with E-state index in [4.69, 9.17) is 45.8 Å². The molecule has 4 aromatic heterocycles. The second-order valence-electron chi connectivity index (χ2n) is 17.8. The smallest absolute Gasteiger partial charge is 1.00 e. The molecule has 0 amide bonds. The van der Waals surface area contributed by atoms with Crippen molar-refractivity contribution in [2.75, 3.05) is 59.8 Å². The van der Waals surface area contributed by atoms with Gasteiger partial charge in [0.1, 0.15) is 59.7 Å². The van der Waals surface area contributed by atoms with Crippen molar-refractivity contribution in [1.29, 1.82) is 0 Å². The maximum absolute atomic E-state index is 13.7. The van der Waals surface area contributed by atoms with Crippen LogP contribution >= 0.6 is 56.9 Å². The molecule has 30 heteroatoms. The van der Waals surface area contributed by atoms with E-state index in [1.54, 1.807) is 81.9 Å². The number of nitrogens with one attached hydrogen (secondary N) is 1. The molecular weight excluding hydrogens is 1280 g/mol. The molecule has 4 N–H and O–H groups in total. The fraction of sp³-hybridized carbons (Fsp3) is 0.133. The number of methoxy groups -OCH3 is 3. The van der Waals surface area contributed by atoms with Gasteiger partial charge in [0, 0.05) is 71.2 Å². The third-order valence-electron chi connectivity index (χ3n) is 12.0. The number of rotatable bonds is 16. The Bertz CT molecular complexity index is 4300.